The van der Waals surface area contributed by atoms with Crippen LogP contribution >= 0.6 is 15.9 Å². The molecule has 1 aliphatic heterocycles. The smallest absolute Gasteiger partial charge is 0.408 e. The number of hydrazine groups is 2. The number of nitrogens with one attached hydrogen (secondary N) is 4. The average Bonchev–Trinajstić information content (AvgIpc) is 2.89. The topological polar surface area (TPSA) is 145 Å². The fourth-order valence-corrected chi connectivity index (χ4v) is 4.62. The van der Waals surface area contributed by atoms with Crippen LogP contribution in [-0.2, 0) is 19.1 Å². The van der Waals surface area contributed by atoms with Gasteiger partial charge in [-0.15, -0.1) is 0 Å². The molecule has 1 aliphatic rings. The first kappa shape index (κ1) is 32.1. The maximum Gasteiger partial charge on any atom is 0.408 e. The predicted molar refractivity (Wildman–Crippen MR) is 159 cm³/mol. The summed E-state index contributed by atoms with van der Waals surface area (Å²) in [6.45, 7) is 10.7. The molecule has 0 bridgehead atoms. The van der Waals surface area contributed by atoms with Crippen LogP contribution in [0.15, 0.2) is 34.8 Å². The highest BCUT2D eigenvalue weighted by Crippen LogP contribution is 2.21. The van der Waals surface area contributed by atoms with Crippen molar-refractivity contribution in [2.75, 3.05) is 18.6 Å². The van der Waals surface area contributed by atoms with Gasteiger partial charge < -0.3 is 15.4 Å². The second-order valence-corrected chi connectivity index (χ2v) is 12.4. The number of rotatable bonds is 8. The number of halogens is 1. The van der Waals surface area contributed by atoms with Gasteiger partial charge >= 0.3 is 6.09 Å². The van der Waals surface area contributed by atoms with Crippen molar-refractivity contribution in [2.45, 2.75) is 78.1 Å². The van der Waals surface area contributed by atoms with Gasteiger partial charge in [0.1, 0.15) is 29.5 Å². The van der Waals surface area contributed by atoms with Crippen LogP contribution in [0.2, 0.25) is 0 Å². The van der Waals surface area contributed by atoms with E-state index in [4.69, 9.17) is 4.74 Å². The zero-order valence-corrected chi connectivity index (χ0v) is 26.2. The van der Waals surface area contributed by atoms with Crippen LogP contribution < -0.4 is 26.5 Å². The largest absolute Gasteiger partial charge is 0.444 e. The molecule has 4 amide bonds. The van der Waals surface area contributed by atoms with Gasteiger partial charge in [0.15, 0.2) is 0 Å². The van der Waals surface area contributed by atoms with Crippen molar-refractivity contribution in [3.8, 4) is 0 Å². The SMILES string of the molecule is CC(C)[C@H](NC(=O)OC(C)(C)C)C(=O)N[C@@H](C)C(=O)N1CCC[C@@H](C(=O)NN(C)c2ccc3ccc(Br)cc3n2)N1. The number of alkyl carbamates (subject to hydrolysis) is 1. The number of aromatic nitrogens is 1. The maximum absolute atomic E-state index is 13.2. The predicted octanol–water partition coefficient (Wildman–Crippen LogP) is 3.01. The van der Waals surface area contributed by atoms with E-state index < -0.39 is 41.6 Å². The minimum atomic E-state index is -0.901. The lowest BCUT2D eigenvalue weighted by atomic mass is 10.0. The van der Waals surface area contributed by atoms with Gasteiger partial charge in [0.2, 0.25) is 5.91 Å². The average molecular weight is 635 g/mol. The summed E-state index contributed by atoms with van der Waals surface area (Å²) in [5.74, 6) is -0.912. The van der Waals surface area contributed by atoms with Gasteiger partial charge in [0.25, 0.3) is 11.8 Å². The third-order valence-electron chi connectivity index (χ3n) is 6.38. The highest BCUT2D eigenvalue weighted by molar-refractivity contribution is 9.10. The summed E-state index contributed by atoms with van der Waals surface area (Å²) in [6.07, 6.45) is 0.407. The third-order valence-corrected chi connectivity index (χ3v) is 6.87. The first-order valence-corrected chi connectivity index (χ1v) is 14.4. The normalized spacial score (nSPS) is 17.0. The number of hydrogen-bond donors (Lipinski definition) is 4. The molecule has 3 rings (SSSR count). The molecule has 224 valence electrons. The standard InChI is InChI=1S/C28H40BrN7O5/c1-16(2)23(32-27(40)41-28(4,5)6)25(38)30-17(3)26(39)36-14-8-9-20(33-36)24(37)34-35(7)22-13-11-18-10-12-19(29)15-21(18)31-22/h10-13,15-17,20,23,33H,8-9,14H2,1-7H3,(H,30,38)(H,32,40)(H,34,37)/t17-,20-,23-/m0/s1. The Bertz CT molecular complexity index is 1280. The van der Waals surface area contributed by atoms with Crippen molar-refractivity contribution in [1.29, 1.82) is 0 Å². The number of hydrogen-bond acceptors (Lipinski definition) is 8. The van der Waals surface area contributed by atoms with Crippen molar-refractivity contribution in [2.24, 2.45) is 5.92 Å². The summed E-state index contributed by atoms with van der Waals surface area (Å²) < 4.78 is 6.17. The molecule has 0 saturated carbocycles. The Hall–Kier alpha value is -3.45. The summed E-state index contributed by atoms with van der Waals surface area (Å²) in [5, 5.41) is 9.14. The zero-order valence-electron chi connectivity index (χ0n) is 24.6. The first-order chi connectivity index (χ1) is 19.1. The van der Waals surface area contributed by atoms with Gasteiger partial charge in [-0.2, -0.15) is 0 Å². The molecule has 0 aliphatic carbocycles. The Morgan fingerprint density at radius 2 is 1.80 bits per heavy atom. The molecule has 1 saturated heterocycles. The first-order valence-electron chi connectivity index (χ1n) is 13.6. The van der Waals surface area contributed by atoms with E-state index in [2.05, 4.69) is 42.4 Å². The molecule has 0 spiro atoms. The lowest BCUT2D eigenvalue weighted by molar-refractivity contribution is -0.143. The van der Waals surface area contributed by atoms with E-state index in [1.807, 2.05) is 30.3 Å². The number of benzene rings is 1. The number of amides is 4. The summed E-state index contributed by atoms with van der Waals surface area (Å²) in [5.41, 5.74) is 5.88. The Kier molecular flexibility index (Phi) is 10.5. The molecule has 1 fully saturated rings. The maximum atomic E-state index is 13.2. The third kappa shape index (κ3) is 9.02. The molecular formula is C28H40BrN7O5. The number of carbonyl (C=O) groups excluding carboxylic acids is 4. The highest BCUT2D eigenvalue weighted by Gasteiger charge is 2.33. The molecule has 1 aromatic heterocycles. The van der Waals surface area contributed by atoms with Crippen LogP contribution in [0.25, 0.3) is 10.9 Å². The van der Waals surface area contributed by atoms with Crippen LogP contribution in [0.3, 0.4) is 0 Å². The molecule has 13 heteroatoms. The summed E-state index contributed by atoms with van der Waals surface area (Å²) in [7, 11) is 1.70. The van der Waals surface area contributed by atoms with Gasteiger partial charge in [0.05, 0.1) is 5.52 Å². The number of fused-ring (bicyclic) bond motifs is 1. The number of ether oxygens (including phenoxy) is 1. The van der Waals surface area contributed by atoms with Crippen LogP contribution in [-0.4, -0.2) is 71.1 Å². The van der Waals surface area contributed by atoms with Gasteiger partial charge in [0, 0.05) is 23.5 Å². The van der Waals surface area contributed by atoms with E-state index in [0.717, 1.165) is 15.4 Å². The molecule has 0 unspecified atom stereocenters. The number of carbonyl (C=O) groups is 4. The zero-order chi connectivity index (χ0) is 30.5. The highest BCUT2D eigenvalue weighted by atomic mass is 79.9. The van der Waals surface area contributed by atoms with Crippen molar-refractivity contribution in [3.63, 3.8) is 0 Å². The molecule has 0 radical (unpaired) electrons. The van der Waals surface area contributed by atoms with E-state index in [1.165, 1.54) is 10.0 Å². The van der Waals surface area contributed by atoms with Crippen molar-refractivity contribution >= 4 is 56.5 Å². The fraction of sp³-hybridized carbons (Fsp3) is 0.536. The molecule has 2 heterocycles. The molecule has 2 aromatic rings. The van der Waals surface area contributed by atoms with E-state index in [-0.39, 0.29) is 11.8 Å². The lowest BCUT2D eigenvalue weighted by Gasteiger charge is -2.35. The second-order valence-electron chi connectivity index (χ2n) is 11.5. The number of anilines is 1. The van der Waals surface area contributed by atoms with Crippen LogP contribution in [0, 0.1) is 5.92 Å². The lowest BCUT2D eigenvalue weighted by Crippen LogP contribution is -2.62. The molecule has 3 atom stereocenters. The fourth-order valence-electron chi connectivity index (χ4n) is 4.27. The Morgan fingerprint density at radius 1 is 1.12 bits per heavy atom. The van der Waals surface area contributed by atoms with Crippen LogP contribution in [0.1, 0.15) is 54.4 Å². The Morgan fingerprint density at radius 3 is 2.46 bits per heavy atom. The summed E-state index contributed by atoms with van der Waals surface area (Å²) in [6, 6.07) is 7.07. The minimum Gasteiger partial charge on any atom is -0.444 e. The minimum absolute atomic E-state index is 0.249. The molecule has 41 heavy (non-hydrogen) atoms. The van der Waals surface area contributed by atoms with Crippen LogP contribution in [0.5, 0.6) is 0 Å². The van der Waals surface area contributed by atoms with Crippen LogP contribution in [0.4, 0.5) is 10.6 Å². The quantitative estimate of drug-likeness (QED) is 0.325. The molecule has 1 aromatic carbocycles. The Balaban J connectivity index is 1.57. The molecular weight excluding hydrogens is 594 g/mol. The number of pyridine rings is 1. The van der Waals surface area contributed by atoms with E-state index in [1.54, 1.807) is 48.6 Å². The number of nitrogens with zero attached hydrogens (tertiary/aromatic N) is 3. The van der Waals surface area contributed by atoms with E-state index >= 15 is 0 Å². The van der Waals surface area contributed by atoms with Gasteiger partial charge in [-0.25, -0.2) is 15.2 Å². The second kappa shape index (κ2) is 13.5. The van der Waals surface area contributed by atoms with Crippen molar-refractivity contribution < 1.29 is 23.9 Å². The summed E-state index contributed by atoms with van der Waals surface area (Å²) in [4.78, 5) is 56.1. The van der Waals surface area contributed by atoms with E-state index in [0.29, 0.717) is 25.2 Å². The molecule has 4 N–H and O–H groups in total. The van der Waals surface area contributed by atoms with Crippen molar-refractivity contribution in [1.82, 2.24) is 31.5 Å². The van der Waals surface area contributed by atoms with Crippen molar-refractivity contribution in [3.05, 3.63) is 34.8 Å². The van der Waals surface area contributed by atoms with Gasteiger partial charge in [-0.1, -0.05) is 35.8 Å². The van der Waals surface area contributed by atoms with E-state index in [9.17, 15) is 19.2 Å². The summed E-state index contributed by atoms with van der Waals surface area (Å²) >= 11 is 3.45. The monoisotopic (exact) mass is 633 g/mol. The molecule has 12 nitrogen and oxygen atoms in total. The van der Waals surface area contributed by atoms with Gasteiger partial charge in [-0.3, -0.25) is 29.8 Å². The van der Waals surface area contributed by atoms with Gasteiger partial charge in [-0.05, 0) is 70.7 Å². The Labute approximate surface area is 249 Å².